The van der Waals surface area contributed by atoms with Crippen LogP contribution in [-0.4, -0.2) is 123 Å². The molecule has 0 spiro atoms. The van der Waals surface area contributed by atoms with Crippen molar-refractivity contribution in [3.63, 3.8) is 0 Å². The van der Waals surface area contributed by atoms with Crippen molar-refractivity contribution in [1.29, 1.82) is 0 Å². The smallest absolute Gasteiger partial charge is 0.386 e. The number of amides is 2. The van der Waals surface area contributed by atoms with Crippen LogP contribution in [0.15, 0.2) is 12.7 Å². The lowest BCUT2D eigenvalue weighted by Gasteiger charge is -2.30. The molecule has 2 aromatic heterocycles. The molecule has 0 bridgehead atoms. The molecule has 28 heteroatoms. The molecule has 1 aliphatic rings. The minimum absolute atomic E-state index is 0.0310. The summed E-state index contributed by atoms with van der Waals surface area (Å²) in [4.78, 5) is 85.9. The number of nitrogens with zero attached hydrogens (tertiary/aromatic N) is 4. The number of aliphatic hydroxyl groups is 2. The molecule has 0 aliphatic carbocycles. The fourth-order valence-corrected chi connectivity index (χ4v) is 7.65. The number of fused-ring (bicyclic) bond motifs is 1. The summed E-state index contributed by atoms with van der Waals surface area (Å²) in [5, 5.41) is 26.1. The number of phosphoric ester groups is 3. The van der Waals surface area contributed by atoms with Crippen molar-refractivity contribution in [3.05, 3.63) is 12.7 Å². The molecular weight excluding hydrogens is 771 g/mol. The highest BCUT2D eigenvalue weighted by molar-refractivity contribution is 8.13. The average molecular weight is 810 g/mol. The number of nitrogens with two attached hydrogens (primary N) is 1. The lowest BCUT2D eigenvalue weighted by molar-refractivity contribution is -0.137. The van der Waals surface area contributed by atoms with Crippen molar-refractivity contribution in [1.82, 2.24) is 30.2 Å². The predicted octanol–water partition coefficient (Wildman–Crippen LogP) is -1.32. The van der Waals surface area contributed by atoms with Crippen molar-refractivity contribution in [2.45, 2.75) is 57.8 Å². The van der Waals surface area contributed by atoms with Gasteiger partial charge in [-0.25, -0.2) is 28.6 Å². The minimum atomic E-state index is -5.56. The number of carbonyl (C=O) groups is 3. The number of aromatic nitrogens is 4. The van der Waals surface area contributed by atoms with E-state index in [0.717, 1.165) is 29.0 Å². The van der Waals surface area contributed by atoms with E-state index < -0.39 is 84.6 Å². The number of anilines is 1. The Morgan fingerprint density at radius 3 is 2.39 bits per heavy atom. The Labute approximate surface area is 293 Å². The normalized spacial score (nSPS) is 22.6. The average Bonchev–Trinajstić information content (AvgIpc) is 3.57. The molecule has 7 atom stereocenters. The van der Waals surface area contributed by atoms with Crippen LogP contribution >= 0.6 is 35.2 Å². The van der Waals surface area contributed by atoms with E-state index in [1.807, 2.05) is 0 Å². The van der Waals surface area contributed by atoms with Crippen LogP contribution in [0.1, 0.15) is 33.4 Å². The third kappa shape index (κ3) is 12.9. The number of rotatable bonds is 19. The van der Waals surface area contributed by atoms with E-state index in [2.05, 4.69) is 34.4 Å². The molecule has 51 heavy (non-hydrogen) atoms. The van der Waals surface area contributed by atoms with Crippen LogP contribution in [0.2, 0.25) is 0 Å². The second kappa shape index (κ2) is 17.6. The van der Waals surface area contributed by atoms with Gasteiger partial charge in [-0.1, -0.05) is 25.6 Å². The first-order chi connectivity index (χ1) is 23.5. The van der Waals surface area contributed by atoms with Gasteiger partial charge in [0.2, 0.25) is 11.8 Å². The maximum Gasteiger partial charge on any atom is 0.481 e. The van der Waals surface area contributed by atoms with Crippen molar-refractivity contribution in [2.75, 3.05) is 37.8 Å². The first kappa shape index (κ1) is 43.0. The zero-order chi connectivity index (χ0) is 38.4. The number of nitrogen functional groups attached to an aromatic ring is 1. The van der Waals surface area contributed by atoms with Crippen LogP contribution < -0.4 is 16.4 Å². The molecule has 3 heterocycles. The van der Waals surface area contributed by atoms with Crippen LogP contribution in [0.4, 0.5) is 5.82 Å². The molecule has 3 rings (SSSR count). The Balaban J connectivity index is 1.55. The number of carbonyl (C=O) groups excluding carboxylic acids is 3. The van der Waals surface area contributed by atoms with Crippen molar-refractivity contribution < 1.29 is 80.5 Å². The van der Waals surface area contributed by atoms with Crippen LogP contribution in [0, 0.1) is 5.41 Å². The molecule has 1 saturated heterocycles. The van der Waals surface area contributed by atoms with Gasteiger partial charge in [0.05, 0.1) is 19.5 Å². The number of hydrogen-bond acceptors (Lipinski definition) is 18. The largest absolute Gasteiger partial charge is 0.481 e. The second-order valence-corrected chi connectivity index (χ2v) is 16.9. The van der Waals surface area contributed by atoms with Gasteiger partial charge >= 0.3 is 23.5 Å². The van der Waals surface area contributed by atoms with Gasteiger partial charge < -0.3 is 50.9 Å². The lowest BCUT2D eigenvalue weighted by atomic mass is 9.87. The van der Waals surface area contributed by atoms with Gasteiger partial charge in [0, 0.05) is 37.6 Å². The maximum atomic E-state index is 12.6. The van der Waals surface area contributed by atoms with Crippen molar-refractivity contribution >= 4 is 69.1 Å². The fourth-order valence-electron chi connectivity index (χ4n) is 4.32. The second-order valence-electron chi connectivity index (χ2n) is 11.4. The summed E-state index contributed by atoms with van der Waals surface area (Å²) in [6.45, 7) is 1.90. The van der Waals surface area contributed by atoms with E-state index in [1.165, 1.54) is 20.8 Å². The third-order valence-corrected chi connectivity index (χ3v) is 10.7. The van der Waals surface area contributed by atoms with Gasteiger partial charge in [0.1, 0.15) is 36.3 Å². The molecule has 24 nitrogen and oxygen atoms in total. The molecule has 1 aliphatic heterocycles. The zero-order valence-corrected chi connectivity index (χ0v) is 30.6. The maximum absolute atomic E-state index is 12.6. The van der Waals surface area contributed by atoms with E-state index in [0.29, 0.717) is 5.75 Å². The van der Waals surface area contributed by atoms with E-state index in [9.17, 15) is 57.9 Å². The molecule has 0 aromatic carbocycles. The molecule has 0 saturated carbocycles. The predicted molar refractivity (Wildman–Crippen MR) is 173 cm³/mol. The highest BCUT2D eigenvalue weighted by atomic mass is 32.2. The zero-order valence-electron chi connectivity index (χ0n) is 27.1. The quantitative estimate of drug-likeness (QED) is 0.0587. The standard InChI is InChI=1S/C23H38N7O17P3S/c1-12(31)51-7-6-25-14(32)4-5-26-21(35)18(34)23(2,3)9-44-50(41,42)47-49(39,40)43-8-13-17(46-48(36,37)38)16(33)22(45-13)30-11-29-15-19(24)27-10-28-20(15)30/h10-11,13,16-18,22,33-34H,4-9H2,1-3H3,(H,25,32)(H,26,35)(H,39,40)(H,41,42)(H2,24,27,28)(H2,36,37,38)/t13-,16+,17-,18?,22+/m0/s1. The van der Waals surface area contributed by atoms with Gasteiger partial charge in [-0.2, -0.15) is 4.31 Å². The highest BCUT2D eigenvalue weighted by Gasteiger charge is 2.50. The Bertz CT molecular complexity index is 1710. The van der Waals surface area contributed by atoms with Gasteiger partial charge in [-0.05, 0) is 0 Å². The van der Waals surface area contributed by atoms with E-state index >= 15 is 0 Å². The monoisotopic (exact) mass is 809 g/mol. The number of thioether (sulfide) groups is 1. The molecule has 3 unspecified atom stereocenters. The molecule has 2 amide bonds. The van der Waals surface area contributed by atoms with Crippen LogP contribution in [0.5, 0.6) is 0 Å². The van der Waals surface area contributed by atoms with Gasteiger partial charge in [0.15, 0.2) is 22.8 Å². The van der Waals surface area contributed by atoms with E-state index in [4.69, 9.17) is 19.5 Å². The summed E-state index contributed by atoms with van der Waals surface area (Å²) in [5.74, 6) is -1.08. The topological polar surface area (TPSA) is 364 Å². The lowest BCUT2D eigenvalue weighted by Crippen LogP contribution is -2.46. The van der Waals surface area contributed by atoms with Crippen LogP contribution in [0.3, 0.4) is 0 Å². The van der Waals surface area contributed by atoms with Gasteiger partial charge in [-0.15, -0.1) is 0 Å². The Morgan fingerprint density at radius 1 is 1.08 bits per heavy atom. The summed E-state index contributed by atoms with van der Waals surface area (Å²) >= 11 is 1.03. The number of ether oxygens (including phenoxy) is 1. The molecule has 10 N–H and O–H groups in total. The number of imidazole rings is 1. The Hall–Kier alpha value is -2.44. The van der Waals surface area contributed by atoms with Crippen LogP contribution in [-0.2, 0) is 50.7 Å². The van der Waals surface area contributed by atoms with Gasteiger partial charge in [0.25, 0.3) is 0 Å². The van der Waals surface area contributed by atoms with E-state index in [-0.39, 0.29) is 41.6 Å². The molecule has 288 valence electrons. The first-order valence-electron chi connectivity index (χ1n) is 14.5. The molecule has 1 fully saturated rings. The number of aliphatic hydroxyl groups excluding tert-OH is 2. The Kier molecular flexibility index (Phi) is 14.8. The van der Waals surface area contributed by atoms with E-state index in [1.54, 1.807) is 0 Å². The summed E-state index contributed by atoms with van der Waals surface area (Å²) in [6, 6.07) is 0. The van der Waals surface area contributed by atoms with Crippen molar-refractivity contribution in [2.24, 2.45) is 5.41 Å². The molecule has 2 aromatic rings. The van der Waals surface area contributed by atoms with Crippen LogP contribution in [0.25, 0.3) is 11.2 Å². The Morgan fingerprint density at radius 2 is 1.75 bits per heavy atom. The summed E-state index contributed by atoms with van der Waals surface area (Å²) < 4.78 is 61.8. The van der Waals surface area contributed by atoms with Gasteiger partial charge in [-0.3, -0.25) is 32.5 Å². The minimum Gasteiger partial charge on any atom is -0.386 e. The number of phosphoric acid groups is 3. The SMILES string of the molecule is CC(=O)SCCNC(=O)CCNC(=O)C(O)C(C)(C)COP(=O)(O)OP(=O)(O)OC[C@@H]1O[C@@H](n2cnc3c(N)ncnc32)[C@H](O)[C@H]1OP(=O)(O)O. The molecule has 0 radical (unpaired) electrons. The summed E-state index contributed by atoms with van der Waals surface area (Å²) in [5.41, 5.74) is 4.26. The third-order valence-electron chi connectivity index (χ3n) is 6.81. The summed E-state index contributed by atoms with van der Waals surface area (Å²) in [6.07, 6.45) is -6.88. The fraction of sp³-hybridized carbons (Fsp3) is 0.652. The number of hydrogen-bond donors (Lipinski definition) is 9. The van der Waals surface area contributed by atoms with Crippen molar-refractivity contribution in [3.8, 4) is 0 Å². The highest BCUT2D eigenvalue weighted by Crippen LogP contribution is 2.61. The summed E-state index contributed by atoms with van der Waals surface area (Å²) in [7, 11) is -16.4. The number of nitrogens with one attached hydrogen (secondary N) is 2. The first-order valence-corrected chi connectivity index (χ1v) is 20.0. The molecular formula is C23H38N7O17P3S.